The molecule has 11 aromatic rings. The molecule has 356 valence electrons. The van der Waals surface area contributed by atoms with Crippen LogP contribution < -0.4 is 16.0 Å². The Balaban J connectivity index is 1.02. The summed E-state index contributed by atoms with van der Waals surface area (Å²) in [6.45, 7) is 0. The van der Waals surface area contributed by atoms with E-state index in [-0.39, 0.29) is 0 Å². The third-order valence-corrected chi connectivity index (χ3v) is 15.2. The van der Waals surface area contributed by atoms with E-state index in [1.165, 1.54) is 50.1 Å². The normalized spacial score (nSPS) is 14.1. The molecule has 1 aliphatic heterocycles. The van der Waals surface area contributed by atoms with E-state index in [4.69, 9.17) is 5.73 Å². The van der Waals surface area contributed by atoms with Gasteiger partial charge in [0, 0.05) is 33.9 Å². The second kappa shape index (κ2) is 19.5. The van der Waals surface area contributed by atoms with Crippen LogP contribution >= 0.6 is 0 Å². The van der Waals surface area contributed by atoms with Gasteiger partial charge in [-0.05, 0) is 120 Å². The molecule has 11 aromatic carbocycles. The van der Waals surface area contributed by atoms with Gasteiger partial charge in [-0.2, -0.15) is 0 Å². The molecule has 3 N–H and O–H groups in total. The topological polar surface area (TPSA) is 41.3 Å². The Hall–Kier alpha value is -9.54. The number of nitrogens with one attached hydrogen (secondary N) is 1. The zero-order valence-electron chi connectivity index (χ0n) is 41.4. The maximum absolute atomic E-state index is 7.42. The first-order valence-corrected chi connectivity index (χ1v) is 25.8. The van der Waals surface area contributed by atoms with E-state index >= 15 is 0 Å². The number of hydrogen-bond donors (Lipinski definition) is 2. The lowest BCUT2D eigenvalue weighted by atomic mass is 9.67. The van der Waals surface area contributed by atoms with Crippen molar-refractivity contribution in [2.75, 3.05) is 4.90 Å². The minimum absolute atomic E-state index is 0.409. The highest BCUT2D eigenvalue weighted by atomic mass is 15.1. The number of nitrogens with zero attached hydrogens (tertiary/aromatic N) is 1. The molecule has 0 saturated heterocycles. The summed E-state index contributed by atoms with van der Waals surface area (Å²) in [6, 6.07) is 105. The molecular formula is C72H53N3. The van der Waals surface area contributed by atoms with E-state index < -0.39 is 11.5 Å². The van der Waals surface area contributed by atoms with Crippen molar-refractivity contribution >= 4 is 40.1 Å². The smallest absolute Gasteiger partial charge is 0.0714 e. The summed E-state index contributed by atoms with van der Waals surface area (Å²) in [5.41, 5.74) is 30.6. The molecule has 3 nitrogen and oxygen atoms in total. The van der Waals surface area contributed by atoms with Crippen molar-refractivity contribution < 1.29 is 0 Å². The zero-order valence-corrected chi connectivity index (χ0v) is 41.4. The average molecular weight is 960 g/mol. The van der Waals surface area contributed by atoms with E-state index in [0.717, 1.165) is 67.4 Å². The molecule has 13 rings (SSSR count). The summed E-state index contributed by atoms with van der Waals surface area (Å²) in [6.07, 6.45) is 2.30. The highest BCUT2D eigenvalue weighted by molar-refractivity contribution is 6.04. The van der Waals surface area contributed by atoms with Crippen LogP contribution in [0, 0.1) is 0 Å². The second-order valence-corrected chi connectivity index (χ2v) is 19.4. The standard InChI is InChI=1S/C72H53N3/c73-70(56-27-13-4-14-28-56)69(55-25-11-3-12-26-55)71-63-45-43-61(47-57(63)48-68(74-71)54-23-9-2-10-24-54)75(60-41-39-53(40-42-60)52-37-35-51(36-38-52)50-21-7-1-8-22-50)62-44-46-65-64-33-19-20-34-66(64)72(67(65)49-62,58-29-15-5-16-30-58)59-31-17-6-18-32-59/h1-49,70,74H,73H2/b71-69-. The van der Waals surface area contributed by atoms with Gasteiger partial charge in [-0.25, -0.2) is 0 Å². The fourth-order valence-electron chi connectivity index (χ4n) is 11.6. The fourth-order valence-corrected chi connectivity index (χ4v) is 11.6. The maximum atomic E-state index is 7.42. The Morgan fingerprint density at radius 2 is 0.813 bits per heavy atom. The van der Waals surface area contributed by atoms with E-state index in [0.29, 0.717) is 0 Å². The van der Waals surface area contributed by atoms with Crippen LogP contribution in [-0.2, 0) is 5.41 Å². The number of nitrogens with two attached hydrogens (primary N) is 1. The molecule has 1 aliphatic carbocycles. The van der Waals surface area contributed by atoms with Crippen molar-refractivity contribution in [1.82, 2.24) is 5.32 Å². The monoisotopic (exact) mass is 959 g/mol. The Kier molecular flexibility index (Phi) is 11.8. The Morgan fingerprint density at radius 1 is 0.373 bits per heavy atom. The van der Waals surface area contributed by atoms with Gasteiger partial charge in [0.05, 0.1) is 17.2 Å². The lowest BCUT2D eigenvalue weighted by Crippen LogP contribution is -2.28. The number of benzene rings is 11. The fraction of sp³-hybridized carbons (Fsp3) is 0.0278. The quantitative estimate of drug-likeness (QED) is 0.136. The van der Waals surface area contributed by atoms with Crippen LogP contribution in [0.3, 0.4) is 0 Å². The predicted octanol–water partition coefficient (Wildman–Crippen LogP) is 17.5. The lowest BCUT2D eigenvalue weighted by molar-refractivity contribution is 0.768. The van der Waals surface area contributed by atoms with Crippen LogP contribution in [-0.4, -0.2) is 0 Å². The minimum Gasteiger partial charge on any atom is -0.354 e. The van der Waals surface area contributed by atoms with Gasteiger partial charge < -0.3 is 16.0 Å². The van der Waals surface area contributed by atoms with Crippen LogP contribution in [0.25, 0.3) is 56.4 Å². The van der Waals surface area contributed by atoms with Gasteiger partial charge in [0.1, 0.15) is 0 Å². The van der Waals surface area contributed by atoms with Crippen molar-refractivity contribution in [3.8, 4) is 33.4 Å². The lowest BCUT2D eigenvalue weighted by Gasteiger charge is -2.35. The third kappa shape index (κ3) is 8.17. The summed E-state index contributed by atoms with van der Waals surface area (Å²) in [4.78, 5) is 2.43. The molecule has 0 fully saturated rings. The van der Waals surface area contributed by atoms with Gasteiger partial charge in [-0.1, -0.05) is 255 Å². The van der Waals surface area contributed by atoms with Gasteiger partial charge in [-0.3, -0.25) is 0 Å². The van der Waals surface area contributed by atoms with Gasteiger partial charge in [-0.15, -0.1) is 0 Å². The molecule has 0 aromatic heterocycles. The maximum Gasteiger partial charge on any atom is 0.0714 e. The molecule has 0 saturated carbocycles. The Bertz CT molecular complexity index is 3830. The first kappa shape index (κ1) is 45.3. The summed E-state index contributed by atoms with van der Waals surface area (Å²) < 4.78 is 0. The van der Waals surface area contributed by atoms with Crippen LogP contribution in [0.1, 0.15) is 56.1 Å². The van der Waals surface area contributed by atoms with E-state index in [2.05, 4.69) is 301 Å². The molecule has 0 amide bonds. The van der Waals surface area contributed by atoms with Crippen LogP contribution in [0.5, 0.6) is 0 Å². The molecule has 0 spiro atoms. The van der Waals surface area contributed by atoms with Crippen molar-refractivity contribution in [1.29, 1.82) is 0 Å². The molecule has 75 heavy (non-hydrogen) atoms. The molecule has 2 aliphatic rings. The van der Waals surface area contributed by atoms with Crippen molar-refractivity contribution in [2.24, 2.45) is 5.73 Å². The van der Waals surface area contributed by atoms with Crippen LogP contribution in [0.15, 0.2) is 291 Å². The third-order valence-electron chi connectivity index (χ3n) is 15.2. The van der Waals surface area contributed by atoms with E-state index in [1.807, 2.05) is 6.07 Å². The molecule has 1 unspecified atom stereocenters. The van der Waals surface area contributed by atoms with E-state index in [1.54, 1.807) is 0 Å². The summed E-state index contributed by atoms with van der Waals surface area (Å²) in [5.74, 6) is 0. The molecule has 3 heteroatoms. The summed E-state index contributed by atoms with van der Waals surface area (Å²) >= 11 is 0. The molecular weight excluding hydrogens is 907 g/mol. The van der Waals surface area contributed by atoms with Crippen molar-refractivity contribution in [2.45, 2.75) is 11.5 Å². The number of fused-ring (bicyclic) bond motifs is 4. The first-order valence-electron chi connectivity index (χ1n) is 25.8. The molecule has 1 atom stereocenters. The van der Waals surface area contributed by atoms with Gasteiger partial charge in [0.15, 0.2) is 0 Å². The Morgan fingerprint density at radius 3 is 1.41 bits per heavy atom. The second-order valence-electron chi connectivity index (χ2n) is 19.4. The van der Waals surface area contributed by atoms with Crippen molar-refractivity contribution in [3.63, 3.8) is 0 Å². The largest absolute Gasteiger partial charge is 0.354 e. The van der Waals surface area contributed by atoms with Gasteiger partial charge in [0.25, 0.3) is 0 Å². The number of hydrogen-bond acceptors (Lipinski definition) is 3. The molecule has 0 bridgehead atoms. The minimum atomic E-state index is -0.564. The highest BCUT2D eigenvalue weighted by Gasteiger charge is 2.46. The number of rotatable bonds is 11. The van der Waals surface area contributed by atoms with Crippen molar-refractivity contribution in [3.05, 3.63) is 341 Å². The van der Waals surface area contributed by atoms with E-state index in [9.17, 15) is 0 Å². The SMILES string of the molecule is NC(/C(=C1\NC(c2ccccc2)=Cc2cc(N(c3ccc(-c4ccc(-c5ccccc5)cc4)cc3)c3ccc4c(c3)C(c3ccccc3)(c3ccccc3)c3ccccc3-4)ccc21)c1ccccc1)c1ccccc1. The zero-order chi connectivity index (χ0) is 50.1. The van der Waals surface area contributed by atoms with Crippen LogP contribution in [0.2, 0.25) is 0 Å². The predicted molar refractivity (Wildman–Crippen MR) is 313 cm³/mol. The average Bonchev–Trinajstić information content (AvgIpc) is 3.79. The van der Waals surface area contributed by atoms with Crippen LogP contribution in [0.4, 0.5) is 17.1 Å². The Labute approximate surface area is 439 Å². The first-order chi connectivity index (χ1) is 37.1. The molecule has 0 radical (unpaired) electrons. The van der Waals surface area contributed by atoms with Gasteiger partial charge >= 0.3 is 0 Å². The highest BCUT2D eigenvalue weighted by Crippen LogP contribution is 2.57. The summed E-state index contributed by atoms with van der Waals surface area (Å²) in [5, 5.41) is 3.95. The molecule has 1 heterocycles. The number of anilines is 3. The van der Waals surface area contributed by atoms with Gasteiger partial charge in [0.2, 0.25) is 0 Å². The summed E-state index contributed by atoms with van der Waals surface area (Å²) in [7, 11) is 0.